The van der Waals surface area contributed by atoms with Gasteiger partial charge in [-0.25, -0.2) is 4.39 Å². The number of rotatable bonds is 5. The van der Waals surface area contributed by atoms with Gasteiger partial charge in [-0.2, -0.15) is 0 Å². The van der Waals surface area contributed by atoms with Gasteiger partial charge in [0.05, 0.1) is 5.25 Å². The van der Waals surface area contributed by atoms with Crippen LogP contribution in [0.5, 0.6) is 0 Å². The van der Waals surface area contributed by atoms with Crippen LogP contribution in [0.3, 0.4) is 0 Å². The van der Waals surface area contributed by atoms with Crippen molar-refractivity contribution in [2.75, 3.05) is 24.2 Å². The van der Waals surface area contributed by atoms with E-state index in [4.69, 9.17) is 0 Å². The number of nitrogens with one attached hydrogen (secondary N) is 2. The van der Waals surface area contributed by atoms with Gasteiger partial charge in [-0.1, -0.05) is 0 Å². The van der Waals surface area contributed by atoms with Crippen LogP contribution in [0.15, 0.2) is 24.3 Å². The Balaban J connectivity index is 1.75. The molecule has 1 aromatic rings. The Labute approximate surface area is 123 Å². The van der Waals surface area contributed by atoms with Crippen molar-refractivity contribution >= 4 is 23.4 Å². The lowest BCUT2D eigenvalue weighted by molar-refractivity contribution is -0.115. The van der Waals surface area contributed by atoms with E-state index in [1.54, 1.807) is 23.9 Å². The number of amides is 1. The molecule has 0 spiro atoms. The van der Waals surface area contributed by atoms with Crippen molar-refractivity contribution in [3.05, 3.63) is 30.1 Å². The number of thioether (sulfide) groups is 1. The number of hydrogen-bond acceptors (Lipinski definition) is 3. The molecule has 1 aliphatic rings. The zero-order valence-electron chi connectivity index (χ0n) is 11.7. The number of hydrogen-bond donors (Lipinski definition) is 2. The number of carbonyl (C=O) groups is 1. The molecule has 20 heavy (non-hydrogen) atoms. The maximum Gasteiger partial charge on any atom is 0.237 e. The molecule has 0 saturated carbocycles. The molecule has 1 saturated heterocycles. The second-order valence-corrected chi connectivity index (χ2v) is 6.54. The van der Waals surface area contributed by atoms with Gasteiger partial charge in [-0.05, 0) is 68.8 Å². The summed E-state index contributed by atoms with van der Waals surface area (Å²) in [5.74, 6) is 1.42. The van der Waals surface area contributed by atoms with Gasteiger partial charge in [0, 0.05) is 5.69 Å². The van der Waals surface area contributed by atoms with E-state index in [0.29, 0.717) is 11.6 Å². The van der Waals surface area contributed by atoms with Crippen molar-refractivity contribution in [2.45, 2.75) is 25.0 Å². The highest BCUT2D eigenvalue weighted by Crippen LogP contribution is 2.22. The molecule has 0 aromatic heterocycles. The van der Waals surface area contributed by atoms with E-state index >= 15 is 0 Å². The van der Waals surface area contributed by atoms with Gasteiger partial charge in [0.2, 0.25) is 5.91 Å². The van der Waals surface area contributed by atoms with Crippen LogP contribution in [0.1, 0.15) is 19.8 Å². The average Bonchev–Trinajstić information content (AvgIpc) is 2.48. The second kappa shape index (κ2) is 7.64. The van der Waals surface area contributed by atoms with Crippen molar-refractivity contribution in [3.63, 3.8) is 0 Å². The molecule has 1 fully saturated rings. The van der Waals surface area contributed by atoms with Crippen LogP contribution in [-0.2, 0) is 4.79 Å². The minimum absolute atomic E-state index is 0.0180. The van der Waals surface area contributed by atoms with Gasteiger partial charge in [0.25, 0.3) is 0 Å². The van der Waals surface area contributed by atoms with Gasteiger partial charge < -0.3 is 10.6 Å². The summed E-state index contributed by atoms with van der Waals surface area (Å²) < 4.78 is 12.8. The largest absolute Gasteiger partial charge is 0.325 e. The van der Waals surface area contributed by atoms with Crippen molar-refractivity contribution in [3.8, 4) is 0 Å². The van der Waals surface area contributed by atoms with Crippen LogP contribution in [0, 0.1) is 11.7 Å². The minimum Gasteiger partial charge on any atom is -0.325 e. The monoisotopic (exact) mass is 296 g/mol. The molecule has 1 atom stereocenters. The summed E-state index contributed by atoms with van der Waals surface area (Å²) in [6.07, 6.45) is 2.39. The zero-order valence-corrected chi connectivity index (χ0v) is 12.5. The lowest BCUT2D eigenvalue weighted by Crippen LogP contribution is -2.30. The predicted molar refractivity (Wildman–Crippen MR) is 82.5 cm³/mol. The Morgan fingerprint density at radius 3 is 2.70 bits per heavy atom. The summed E-state index contributed by atoms with van der Waals surface area (Å²) >= 11 is 1.70. The molecule has 0 radical (unpaired) electrons. The highest BCUT2D eigenvalue weighted by Gasteiger charge is 2.18. The molecule has 3 nitrogen and oxygen atoms in total. The van der Waals surface area contributed by atoms with Crippen LogP contribution in [0.4, 0.5) is 10.1 Å². The summed E-state index contributed by atoms with van der Waals surface area (Å²) in [7, 11) is 0. The molecule has 0 bridgehead atoms. The number of anilines is 1. The molecule has 0 aliphatic carbocycles. The van der Waals surface area contributed by atoms with Crippen molar-refractivity contribution < 1.29 is 9.18 Å². The maximum absolute atomic E-state index is 12.8. The van der Waals surface area contributed by atoms with Crippen LogP contribution in [0.25, 0.3) is 0 Å². The highest BCUT2D eigenvalue weighted by molar-refractivity contribution is 8.00. The first-order chi connectivity index (χ1) is 9.65. The van der Waals surface area contributed by atoms with E-state index < -0.39 is 0 Å². The maximum atomic E-state index is 12.8. The molecular weight excluding hydrogens is 275 g/mol. The van der Waals surface area contributed by atoms with Crippen LogP contribution < -0.4 is 10.6 Å². The first kappa shape index (κ1) is 15.3. The van der Waals surface area contributed by atoms with Gasteiger partial charge in [0.1, 0.15) is 5.82 Å². The van der Waals surface area contributed by atoms with Gasteiger partial charge in [-0.15, -0.1) is 11.8 Å². The van der Waals surface area contributed by atoms with E-state index in [2.05, 4.69) is 10.6 Å². The van der Waals surface area contributed by atoms with E-state index in [1.165, 1.54) is 25.0 Å². The third kappa shape index (κ3) is 4.80. The average molecular weight is 296 g/mol. The lowest BCUT2D eigenvalue weighted by atomic mass is 10.0. The van der Waals surface area contributed by atoms with Crippen molar-refractivity contribution in [1.29, 1.82) is 0 Å². The molecule has 5 heteroatoms. The third-order valence-electron chi connectivity index (χ3n) is 3.52. The first-order valence-electron chi connectivity index (χ1n) is 7.04. The van der Waals surface area contributed by atoms with Crippen molar-refractivity contribution in [2.24, 2.45) is 5.92 Å². The van der Waals surface area contributed by atoms with E-state index in [9.17, 15) is 9.18 Å². The smallest absolute Gasteiger partial charge is 0.237 e. The van der Waals surface area contributed by atoms with Crippen LogP contribution in [0.2, 0.25) is 0 Å². The van der Waals surface area contributed by atoms with Crippen LogP contribution in [-0.4, -0.2) is 30.0 Å². The van der Waals surface area contributed by atoms with E-state index in [0.717, 1.165) is 18.8 Å². The van der Waals surface area contributed by atoms with E-state index in [1.807, 2.05) is 6.92 Å². The number of benzene rings is 1. The van der Waals surface area contributed by atoms with Crippen molar-refractivity contribution in [1.82, 2.24) is 5.32 Å². The summed E-state index contributed by atoms with van der Waals surface area (Å²) in [6, 6.07) is 5.86. The molecule has 1 aliphatic heterocycles. The number of carbonyl (C=O) groups excluding carboxylic acids is 1. The quantitative estimate of drug-likeness (QED) is 0.878. The van der Waals surface area contributed by atoms with E-state index in [-0.39, 0.29) is 17.0 Å². The Hall–Kier alpha value is -1.07. The normalized spacial score (nSPS) is 17.7. The number of halogens is 1. The predicted octanol–water partition coefficient (Wildman–Crippen LogP) is 2.89. The third-order valence-corrected chi connectivity index (χ3v) is 4.90. The highest BCUT2D eigenvalue weighted by atomic mass is 32.2. The minimum atomic E-state index is -0.295. The standard InChI is InChI=1S/C15H21FN2OS/c1-11(20-10-12-6-8-17-9-7-12)15(19)18-14-4-2-13(16)3-5-14/h2-5,11-12,17H,6-10H2,1H3,(H,18,19). The van der Waals surface area contributed by atoms with Gasteiger partial charge in [-0.3, -0.25) is 4.79 Å². The van der Waals surface area contributed by atoms with Gasteiger partial charge in [0.15, 0.2) is 0 Å². The summed E-state index contributed by atoms with van der Waals surface area (Å²) in [5.41, 5.74) is 0.644. The molecule has 1 aromatic carbocycles. The summed E-state index contributed by atoms with van der Waals surface area (Å²) in [4.78, 5) is 12.0. The molecule has 2 N–H and O–H groups in total. The molecule has 1 heterocycles. The number of piperidine rings is 1. The summed E-state index contributed by atoms with van der Waals surface area (Å²) in [5, 5.41) is 6.07. The molecule has 1 unspecified atom stereocenters. The SMILES string of the molecule is CC(SCC1CCNCC1)C(=O)Nc1ccc(F)cc1. The zero-order chi connectivity index (χ0) is 14.4. The first-order valence-corrected chi connectivity index (χ1v) is 8.09. The second-order valence-electron chi connectivity index (χ2n) is 5.17. The Morgan fingerprint density at radius 2 is 2.05 bits per heavy atom. The fourth-order valence-corrected chi connectivity index (χ4v) is 3.29. The molecule has 110 valence electrons. The Morgan fingerprint density at radius 1 is 1.40 bits per heavy atom. The Bertz CT molecular complexity index is 432. The van der Waals surface area contributed by atoms with Crippen LogP contribution >= 0.6 is 11.8 Å². The topological polar surface area (TPSA) is 41.1 Å². The summed E-state index contributed by atoms with van der Waals surface area (Å²) in [6.45, 7) is 4.09. The lowest BCUT2D eigenvalue weighted by Gasteiger charge is -2.23. The molecule has 2 rings (SSSR count). The molecule has 1 amide bonds. The van der Waals surface area contributed by atoms with Gasteiger partial charge >= 0.3 is 0 Å². The Kier molecular flexibility index (Phi) is 5.86. The fraction of sp³-hybridized carbons (Fsp3) is 0.533. The fourth-order valence-electron chi connectivity index (χ4n) is 2.18. The molecular formula is C15H21FN2OS.